The van der Waals surface area contributed by atoms with Gasteiger partial charge in [0, 0.05) is 14.6 Å². The SMILES string of the molecule is Nc1ccc(C(=O)OCc2cccc(Br)c2)cc1Br. The maximum absolute atomic E-state index is 11.9. The summed E-state index contributed by atoms with van der Waals surface area (Å²) >= 11 is 6.65. The molecule has 0 amide bonds. The first-order valence-electron chi connectivity index (χ1n) is 5.53. The Kier molecular flexibility index (Phi) is 4.61. The molecule has 2 aromatic carbocycles. The Bertz CT molecular complexity index is 614. The fourth-order valence-electron chi connectivity index (χ4n) is 1.51. The molecule has 0 spiro atoms. The van der Waals surface area contributed by atoms with Gasteiger partial charge in [0.15, 0.2) is 0 Å². The molecule has 0 aliphatic rings. The quantitative estimate of drug-likeness (QED) is 0.638. The zero-order valence-electron chi connectivity index (χ0n) is 9.90. The number of carbonyl (C=O) groups excluding carboxylic acids is 1. The number of ether oxygens (including phenoxy) is 1. The lowest BCUT2D eigenvalue weighted by molar-refractivity contribution is 0.0472. The van der Waals surface area contributed by atoms with Gasteiger partial charge in [0.05, 0.1) is 5.56 Å². The maximum atomic E-state index is 11.9. The van der Waals surface area contributed by atoms with Crippen LogP contribution in [0, 0.1) is 0 Å². The smallest absolute Gasteiger partial charge is 0.338 e. The summed E-state index contributed by atoms with van der Waals surface area (Å²) in [6.07, 6.45) is 0. The van der Waals surface area contributed by atoms with E-state index in [0.29, 0.717) is 15.7 Å². The number of nitrogen functional groups attached to an aromatic ring is 1. The van der Waals surface area contributed by atoms with Crippen LogP contribution in [0.2, 0.25) is 0 Å². The lowest BCUT2D eigenvalue weighted by atomic mass is 10.2. The van der Waals surface area contributed by atoms with Crippen molar-refractivity contribution in [3.8, 4) is 0 Å². The molecule has 0 radical (unpaired) electrons. The van der Waals surface area contributed by atoms with Gasteiger partial charge in [-0.25, -0.2) is 4.79 Å². The number of rotatable bonds is 3. The van der Waals surface area contributed by atoms with Crippen LogP contribution in [0.1, 0.15) is 15.9 Å². The van der Waals surface area contributed by atoms with E-state index in [2.05, 4.69) is 31.9 Å². The number of benzene rings is 2. The maximum Gasteiger partial charge on any atom is 0.338 e. The molecule has 0 saturated heterocycles. The third kappa shape index (κ3) is 3.81. The van der Waals surface area contributed by atoms with Crippen LogP contribution in [0.15, 0.2) is 51.4 Å². The summed E-state index contributed by atoms with van der Waals surface area (Å²) in [5, 5.41) is 0. The molecule has 0 heterocycles. The molecule has 0 saturated carbocycles. The molecule has 0 aromatic heterocycles. The lowest BCUT2D eigenvalue weighted by Gasteiger charge is -2.06. The minimum Gasteiger partial charge on any atom is -0.457 e. The summed E-state index contributed by atoms with van der Waals surface area (Å²) in [6.45, 7) is 0.236. The van der Waals surface area contributed by atoms with Gasteiger partial charge in [-0.2, -0.15) is 0 Å². The summed E-state index contributed by atoms with van der Waals surface area (Å²) in [7, 11) is 0. The number of halogens is 2. The van der Waals surface area contributed by atoms with Crippen molar-refractivity contribution in [1.82, 2.24) is 0 Å². The molecule has 0 unspecified atom stereocenters. The molecule has 0 aliphatic heterocycles. The highest BCUT2D eigenvalue weighted by Crippen LogP contribution is 2.21. The number of nitrogens with two attached hydrogens (primary N) is 1. The van der Waals surface area contributed by atoms with Crippen molar-refractivity contribution >= 4 is 43.5 Å². The Balaban J connectivity index is 2.03. The molecule has 5 heteroatoms. The molecule has 0 atom stereocenters. The minimum absolute atomic E-state index is 0.236. The monoisotopic (exact) mass is 383 g/mol. The topological polar surface area (TPSA) is 52.3 Å². The third-order valence-electron chi connectivity index (χ3n) is 2.50. The second-order valence-electron chi connectivity index (χ2n) is 3.94. The largest absolute Gasteiger partial charge is 0.457 e. The molecule has 19 heavy (non-hydrogen) atoms. The number of esters is 1. The summed E-state index contributed by atoms with van der Waals surface area (Å²) in [6, 6.07) is 12.6. The Morgan fingerprint density at radius 2 is 1.95 bits per heavy atom. The summed E-state index contributed by atoms with van der Waals surface area (Å²) in [4.78, 5) is 11.9. The van der Waals surface area contributed by atoms with Crippen LogP contribution in [-0.2, 0) is 11.3 Å². The number of carbonyl (C=O) groups is 1. The first-order chi connectivity index (χ1) is 9.06. The second kappa shape index (κ2) is 6.21. The van der Waals surface area contributed by atoms with Crippen LogP contribution < -0.4 is 5.73 Å². The molecule has 3 nitrogen and oxygen atoms in total. The summed E-state index contributed by atoms with van der Waals surface area (Å²) in [5.74, 6) is -0.374. The van der Waals surface area contributed by atoms with Gasteiger partial charge in [0.25, 0.3) is 0 Å². The highest BCUT2D eigenvalue weighted by Gasteiger charge is 2.09. The Morgan fingerprint density at radius 3 is 2.63 bits per heavy atom. The molecular formula is C14H11Br2NO2. The zero-order chi connectivity index (χ0) is 13.8. The first kappa shape index (κ1) is 14.1. The van der Waals surface area contributed by atoms with Gasteiger partial charge in [-0.05, 0) is 51.8 Å². The normalized spacial score (nSPS) is 10.2. The predicted molar refractivity (Wildman–Crippen MR) is 81.8 cm³/mol. The van der Waals surface area contributed by atoms with Crippen LogP contribution in [0.4, 0.5) is 5.69 Å². The Morgan fingerprint density at radius 1 is 1.16 bits per heavy atom. The fourth-order valence-corrected chi connectivity index (χ4v) is 2.34. The van der Waals surface area contributed by atoms with E-state index in [0.717, 1.165) is 10.0 Å². The van der Waals surface area contributed by atoms with Gasteiger partial charge in [-0.3, -0.25) is 0 Å². The van der Waals surface area contributed by atoms with E-state index in [4.69, 9.17) is 10.5 Å². The van der Waals surface area contributed by atoms with Gasteiger partial charge in [-0.15, -0.1) is 0 Å². The van der Waals surface area contributed by atoms with Crippen molar-refractivity contribution < 1.29 is 9.53 Å². The van der Waals surface area contributed by atoms with Crippen LogP contribution in [0.3, 0.4) is 0 Å². The van der Waals surface area contributed by atoms with Gasteiger partial charge in [-0.1, -0.05) is 28.1 Å². The van der Waals surface area contributed by atoms with Gasteiger partial charge >= 0.3 is 5.97 Å². The Hall–Kier alpha value is -1.33. The molecule has 2 rings (SSSR count). The summed E-state index contributed by atoms with van der Waals surface area (Å²) < 4.78 is 6.88. The van der Waals surface area contributed by atoms with Crippen molar-refractivity contribution in [3.63, 3.8) is 0 Å². The van der Waals surface area contributed by atoms with Gasteiger partial charge < -0.3 is 10.5 Å². The molecule has 2 aromatic rings. The van der Waals surface area contributed by atoms with Crippen LogP contribution in [-0.4, -0.2) is 5.97 Å². The van der Waals surface area contributed by atoms with E-state index in [1.54, 1.807) is 18.2 Å². The molecule has 0 fully saturated rings. The van der Waals surface area contributed by atoms with E-state index in [9.17, 15) is 4.79 Å². The van der Waals surface area contributed by atoms with Crippen molar-refractivity contribution in [3.05, 3.63) is 62.5 Å². The first-order valence-corrected chi connectivity index (χ1v) is 7.11. The number of anilines is 1. The highest BCUT2D eigenvalue weighted by atomic mass is 79.9. The fraction of sp³-hybridized carbons (Fsp3) is 0.0714. The molecular weight excluding hydrogens is 374 g/mol. The van der Waals surface area contributed by atoms with Crippen LogP contribution >= 0.6 is 31.9 Å². The highest BCUT2D eigenvalue weighted by molar-refractivity contribution is 9.10. The lowest BCUT2D eigenvalue weighted by Crippen LogP contribution is -2.05. The summed E-state index contributed by atoms with van der Waals surface area (Å²) in [5.41, 5.74) is 7.65. The third-order valence-corrected chi connectivity index (χ3v) is 3.68. The van der Waals surface area contributed by atoms with E-state index in [1.165, 1.54) is 0 Å². The van der Waals surface area contributed by atoms with Crippen LogP contribution in [0.25, 0.3) is 0 Å². The molecule has 0 aliphatic carbocycles. The second-order valence-corrected chi connectivity index (χ2v) is 5.71. The van der Waals surface area contributed by atoms with Gasteiger partial charge in [0.1, 0.15) is 6.61 Å². The van der Waals surface area contributed by atoms with E-state index in [1.807, 2.05) is 24.3 Å². The number of hydrogen-bond donors (Lipinski definition) is 1. The number of hydrogen-bond acceptors (Lipinski definition) is 3. The van der Waals surface area contributed by atoms with Crippen LogP contribution in [0.5, 0.6) is 0 Å². The van der Waals surface area contributed by atoms with Gasteiger partial charge in [0.2, 0.25) is 0 Å². The van der Waals surface area contributed by atoms with E-state index >= 15 is 0 Å². The van der Waals surface area contributed by atoms with Crippen molar-refractivity contribution in [1.29, 1.82) is 0 Å². The molecule has 2 N–H and O–H groups in total. The molecule has 98 valence electrons. The van der Waals surface area contributed by atoms with Crippen molar-refractivity contribution in [2.45, 2.75) is 6.61 Å². The average molecular weight is 385 g/mol. The average Bonchev–Trinajstić information content (AvgIpc) is 2.39. The molecule has 0 bridgehead atoms. The zero-order valence-corrected chi connectivity index (χ0v) is 13.1. The Labute approximate surface area is 128 Å². The van der Waals surface area contributed by atoms with E-state index < -0.39 is 0 Å². The van der Waals surface area contributed by atoms with E-state index in [-0.39, 0.29) is 12.6 Å². The standard InChI is InChI=1S/C14H11Br2NO2/c15-11-3-1-2-9(6-11)8-19-14(18)10-4-5-13(17)12(16)7-10/h1-7H,8,17H2. The minimum atomic E-state index is -0.374. The van der Waals surface area contributed by atoms with Crippen molar-refractivity contribution in [2.24, 2.45) is 0 Å². The predicted octanol–water partition coefficient (Wildman–Crippen LogP) is 4.15. The van der Waals surface area contributed by atoms with Crippen molar-refractivity contribution in [2.75, 3.05) is 5.73 Å².